The van der Waals surface area contributed by atoms with E-state index >= 15 is 0 Å². The monoisotopic (exact) mass is 376 g/mol. The Morgan fingerprint density at radius 3 is 2.27 bits per heavy atom. The summed E-state index contributed by atoms with van der Waals surface area (Å²) in [6, 6.07) is 9.92. The summed E-state index contributed by atoms with van der Waals surface area (Å²) in [7, 11) is -3.66. The highest BCUT2D eigenvalue weighted by Gasteiger charge is 2.15. The SMILES string of the molecule is CC(C)(C)NC(=O)c1ccc(NCCc2ccc(S(N)(=O)=O)cc2)nc1. The topological polar surface area (TPSA) is 114 Å². The zero-order valence-corrected chi connectivity index (χ0v) is 15.9. The number of carbonyl (C=O) groups is 1. The summed E-state index contributed by atoms with van der Waals surface area (Å²) in [6.45, 7) is 6.38. The molecule has 0 bridgehead atoms. The molecule has 1 heterocycles. The molecule has 1 aromatic heterocycles. The molecular weight excluding hydrogens is 352 g/mol. The van der Waals surface area contributed by atoms with Crippen LogP contribution in [0.2, 0.25) is 0 Å². The molecule has 4 N–H and O–H groups in total. The molecule has 0 atom stereocenters. The van der Waals surface area contributed by atoms with Crippen molar-refractivity contribution in [3.63, 3.8) is 0 Å². The van der Waals surface area contributed by atoms with E-state index in [4.69, 9.17) is 5.14 Å². The minimum absolute atomic E-state index is 0.0972. The summed E-state index contributed by atoms with van der Waals surface area (Å²) < 4.78 is 22.4. The van der Waals surface area contributed by atoms with Crippen molar-refractivity contribution < 1.29 is 13.2 Å². The Kier molecular flexibility index (Phi) is 5.99. The van der Waals surface area contributed by atoms with Crippen LogP contribution < -0.4 is 15.8 Å². The Morgan fingerprint density at radius 2 is 1.77 bits per heavy atom. The van der Waals surface area contributed by atoms with Crippen LogP contribution in [-0.2, 0) is 16.4 Å². The lowest BCUT2D eigenvalue weighted by Crippen LogP contribution is -2.40. The van der Waals surface area contributed by atoms with Gasteiger partial charge in [0.2, 0.25) is 10.0 Å². The van der Waals surface area contributed by atoms with Crippen molar-refractivity contribution in [3.8, 4) is 0 Å². The van der Waals surface area contributed by atoms with E-state index in [1.54, 1.807) is 24.3 Å². The van der Waals surface area contributed by atoms with Crippen molar-refractivity contribution in [2.24, 2.45) is 5.14 Å². The van der Waals surface area contributed by atoms with E-state index in [1.807, 2.05) is 20.8 Å². The van der Waals surface area contributed by atoms with Gasteiger partial charge in [-0.1, -0.05) is 12.1 Å². The minimum atomic E-state index is -3.66. The van der Waals surface area contributed by atoms with Crippen LogP contribution >= 0.6 is 0 Å². The van der Waals surface area contributed by atoms with Gasteiger partial charge >= 0.3 is 0 Å². The molecule has 0 saturated heterocycles. The van der Waals surface area contributed by atoms with Crippen molar-refractivity contribution in [2.45, 2.75) is 37.6 Å². The van der Waals surface area contributed by atoms with Crippen LogP contribution in [0.1, 0.15) is 36.7 Å². The fourth-order valence-electron chi connectivity index (χ4n) is 2.23. The molecular formula is C18H24N4O3S. The molecule has 0 saturated carbocycles. The van der Waals surface area contributed by atoms with Gasteiger partial charge in [-0.3, -0.25) is 4.79 Å². The van der Waals surface area contributed by atoms with Crippen LogP contribution in [0.15, 0.2) is 47.5 Å². The highest BCUT2D eigenvalue weighted by Crippen LogP contribution is 2.11. The van der Waals surface area contributed by atoms with Gasteiger partial charge in [-0.25, -0.2) is 18.5 Å². The smallest absolute Gasteiger partial charge is 0.253 e. The summed E-state index contributed by atoms with van der Waals surface area (Å²) in [6.07, 6.45) is 2.23. The van der Waals surface area contributed by atoms with Gasteiger partial charge in [0.1, 0.15) is 5.82 Å². The van der Waals surface area contributed by atoms with Gasteiger partial charge in [0, 0.05) is 18.3 Å². The first-order valence-corrected chi connectivity index (χ1v) is 9.73. The lowest BCUT2D eigenvalue weighted by Gasteiger charge is -2.20. The zero-order chi connectivity index (χ0) is 19.4. The number of primary sulfonamides is 1. The summed E-state index contributed by atoms with van der Waals surface area (Å²) in [5.74, 6) is 0.505. The van der Waals surface area contributed by atoms with Crippen LogP contribution in [0.4, 0.5) is 5.82 Å². The second-order valence-electron chi connectivity index (χ2n) is 7.00. The molecule has 2 rings (SSSR count). The molecule has 7 nitrogen and oxygen atoms in total. The van der Waals surface area contributed by atoms with E-state index < -0.39 is 10.0 Å². The van der Waals surface area contributed by atoms with E-state index in [9.17, 15) is 13.2 Å². The Balaban J connectivity index is 1.87. The number of carbonyl (C=O) groups excluding carboxylic acids is 1. The summed E-state index contributed by atoms with van der Waals surface area (Å²) >= 11 is 0. The molecule has 2 aromatic rings. The first kappa shape index (κ1) is 19.9. The number of pyridine rings is 1. The number of sulfonamides is 1. The van der Waals surface area contributed by atoms with Gasteiger partial charge in [0.15, 0.2) is 0 Å². The molecule has 0 radical (unpaired) electrons. The fourth-order valence-corrected chi connectivity index (χ4v) is 2.74. The predicted molar refractivity (Wildman–Crippen MR) is 101 cm³/mol. The number of amides is 1. The lowest BCUT2D eigenvalue weighted by atomic mass is 10.1. The minimum Gasteiger partial charge on any atom is -0.370 e. The molecule has 1 aromatic carbocycles. The number of aromatic nitrogens is 1. The van der Waals surface area contributed by atoms with E-state index in [-0.39, 0.29) is 16.3 Å². The maximum Gasteiger partial charge on any atom is 0.253 e. The number of nitrogens with one attached hydrogen (secondary N) is 2. The Morgan fingerprint density at radius 1 is 1.12 bits per heavy atom. The number of hydrogen-bond acceptors (Lipinski definition) is 5. The maximum absolute atomic E-state index is 12.0. The first-order valence-electron chi connectivity index (χ1n) is 8.19. The normalized spacial score (nSPS) is 11.8. The molecule has 140 valence electrons. The van der Waals surface area contributed by atoms with Crippen LogP contribution in [-0.4, -0.2) is 31.4 Å². The average molecular weight is 376 g/mol. The van der Waals surface area contributed by atoms with Gasteiger partial charge in [0.05, 0.1) is 10.5 Å². The molecule has 0 spiro atoms. The van der Waals surface area contributed by atoms with Crippen LogP contribution in [0.3, 0.4) is 0 Å². The van der Waals surface area contributed by atoms with Gasteiger partial charge in [-0.2, -0.15) is 0 Å². The maximum atomic E-state index is 12.0. The van der Waals surface area contributed by atoms with Gasteiger partial charge in [-0.15, -0.1) is 0 Å². The highest BCUT2D eigenvalue weighted by atomic mass is 32.2. The van der Waals surface area contributed by atoms with Gasteiger partial charge < -0.3 is 10.6 Å². The number of nitrogens with zero attached hydrogens (tertiary/aromatic N) is 1. The molecule has 0 aliphatic heterocycles. The van der Waals surface area contributed by atoms with Crippen LogP contribution in [0.5, 0.6) is 0 Å². The third-order valence-electron chi connectivity index (χ3n) is 3.49. The summed E-state index contributed by atoms with van der Waals surface area (Å²) in [5, 5.41) is 11.1. The number of anilines is 1. The van der Waals surface area contributed by atoms with Crippen LogP contribution in [0, 0.1) is 0 Å². The quantitative estimate of drug-likeness (QED) is 0.712. The lowest BCUT2D eigenvalue weighted by molar-refractivity contribution is 0.0919. The Bertz CT molecular complexity index is 855. The number of benzene rings is 1. The van der Waals surface area contributed by atoms with Crippen molar-refractivity contribution in [1.29, 1.82) is 0 Å². The van der Waals surface area contributed by atoms with E-state index in [0.29, 0.717) is 24.3 Å². The number of hydrogen-bond donors (Lipinski definition) is 3. The van der Waals surface area contributed by atoms with Crippen molar-refractivity contribution >= 4 is 21.7 Å². The second kappa shape index (κ2) is 7.84. The number of rotatable bonds is 6. The summed E-state index contributed by atoms with van der Waals surface area (Å²) in [4.78, 5) is 16.4. The third-order valence-corrected chi connectivity index (χ3v) is 4.42. The van der Waals surface area contributed by atoms with E-state index in [2.05, 4.69) is 15.6 Å². The largest absolute Gasteiger partial charge is 0.370 e. The standard InChI is InChI=1S/C18H24N4O3S/c1-18(2,3)22-17(23)14-6-9-16(21-12-14)20-11-10-13-4-7-15(8-5-13)26(19,24)25/h4-9,12H,10-11H2,1-3H3,(H,20,21)(H,22,23)(H2,19,24,25). The predicted octanol–water partition coefficient (Wildman–Crippen LogP) is 1.91. The van der Waals surface area contributed by atoms with Gasteiger partial charge in [0.25, 0.3) is 5.91 Å². The van der Waals surface area contributed by atoms with Crippen molar-refractivity contribution in [1.82, 2.24) is 10.3 Å². The van der Waals surface area contributed by atoms with E-state index in [1.165, 1.54) is 18.3 Å². The fraction of sp³-hybridized carbons (Fsp3) is 0.333. The average Bonchev–Trinajstić information content (AvgIpc) is 2.53. The molecule has 1 amide bonds. The molecule has 0 unspecified atom stereocenters. The Hall–Kier alpha value is -2.45. The Labute approximate surface area is 154 Å². The zero-order valence-electron chi connectivity index (χ0n) is 15.1. The third kappa shape index (κ3) is 6.12. The molecule has 0 aliphatic carbocycles. The molecule has 0 aliphatic rings. The molecule has 26 heavy (non-hydrogen) atoms. The molecule has 8 heteroatoms. The molecule has 0 fully saturated rings. The van der Waals surface area contributed by atoms with Crippen LogP contribution in [0.25, 0.3) is 0 Å². The van der Waals surface area contributed by atoms with Crippen molar-refractivity contribution in [3.05, 3.63) is 53.7 Å². The summed E-state index contributed by atoms with van der Waals surface area (Å²) in [5.41, 5.74) is 1.18. The van der Waals surface area contributed by atoms with Crippen molar-refractivity contribution in [2.75, 3.05) is 11.9 Å². The van der Waals surface area contributed by atoms with Gasteiger partial charge in [-0.05, 0) is 57.0 Å². The second-order valence-corrected chi connectivity index (χ2v) is 8.56. The first-order chi connectivity index (χ1) is 12.0. The number of nitrogens with two attached hydrogens (primary N) is 1. The highest BCUT2D eigenvalue weighted by molar-refractivity contribution is 7.89. The van der Waals surface area contributed by atoms with E-state index in [0.717, 1.165) is 5.56 Å².